The van der Waals surface area contributed by atoms with Crippen LogP contribution in [0.25, 0.3) is 0 Å². The molecule has 0 heterocycles. The van der Waals surface area contributed by atoms with Crippen molar-refractivity contribution >= 4 is 23.6 Å². The van der Waals surface area contributed by atoms with Gasteiger partial charge in [0.1, 0.15) is 0 Å². The molecule has 0 rings (SSSR count). The van der Waals surface area contributed by atoms with Crippen LogP contribution in [0.1, 0.15) is 117 Å². The predicted octanol–water partition coefficient (Wildman–Crippen LogP) is 1.94. The van der Waals surface area contributed by atoms with Crippen molar-refractivity contribution in [2.75, 3.05) is 94.1 Å². The van der Waals surface area contributed by atoms with E-state index in [1.165, 1.54) is 0 Å². The van der Waals surface area contributed by atoms with Crippen LogP contribution in [0, 0.1) is 5.92 Å². The van der Waals surface area contributed by atoms with E-state index in [0.717, 1.165) is 129 Å². The molecule has 0 aliphatic carbocycles. The van der Waals surface area contributed by atoms with Gasteiger partial charge in [0, 0.05) is 32.1 Å². The fourth-order valence-electron chi connectivity index (χ4n) is 6.38. The summed E-state index contributed by atoms with van der Waals surface area (Å²) >= 11 is 0. The first-order chi connectivity index (χ1) is 26.0. The van der Waals surface area contributed by atoms with Crippen molar-refractivity contribution in [1.82, 2.24) is 47.0 Å². The van der Waals surface area contributed by atoms with E-state index in [0.29, 0.717) is 32.7 Å². The third-order valence-electron chi connectivity index (χ3n) is 10.2. The van der Waals surface area contributed by atoms with Crippen molar-refractivity contribution in [2.45, 2.75) is 135 Å². The summed E-state index contributed by atoms with van der Waals surface area (Å²) in [7, 11) is 9.72. The van der Waals surface area contributed by atoms with E-state index in [4.69, 9.17) is 5.73 Å². The third kappa shape index (κ3) is 27.3. The Morgan fingerprint density at radius 3 is 1.20 bits per heavy atom. The fraction of sp³-hybridized carbons (Fsp3) is 0.900. The van der Waals surface area contributed by atoms with E-state index in [1.807, 2.05) is 28.1 Å². The standard InChI is InChI=1S/C40H84N10O4/c1-8-9-20-33(2)37(51)45-25-14-11-22-35(43-4)39(53)47-27-18-31-49(6)29-16-17-30-50(7)32-19-28-48-40(54)36(44-5)23-12-15-26-46-38(52)34(42-3)21-10-13-24-41/h33-36,42-44H,8-32,41H2,1-7H3,(H,45,51)(H,46,52)(H,47,53)(H,48,54). The van der Waals surface area contributed by atoms with Crippen molar-refractivity contribution in [1.29, 1.82) is 0 Å². The number of unbranched alkanes of at least 4 members (excludes halogenated alkanes) is 5. The smallest absolute Gasteiger partial charge is 0.237 e. The molecule has 0 aromatic carbocycles. The number of carbonyl (C=O) groups is 4. The molecule has 0 bridgehead atoms. The maximum atomic E-state index is 12.7. The summed E-state index contributed by atoms with van der Waals surface area (Å²) in [5.41, 5.74) is 5.55. The number of rotatable bonds is 37. The van der Waals surface area contributed by atoms with Gasteiger partial charge in [0.15, 0.2) is 0 Å². The number of nitrogens with two attached hydrogens (primary N) is 1. The highest BCUT2D eigenvalue weighted by Gasteiger charge is 2.18. The lowest BCUT2D eigenvalue weighted by Gasteiger charge is -2.20. The van der Waals surface area contributed by atoms with Crippen molar-refractivity contribution in [3.05, 3.63) is 0 Å². The molecule has 0 aliphatic rings. The molecule has 4 amide bonds. The van der Waals surface area contributed by atoms with Gasteiger partial charge in [-0.3, -0.25) is 19.2 Å². The Bertz CT molecular complexity index is 960. The van der Waals surface area contributed by atoms with Crippen LogP contribution < -0.4 is 43.0 Å². The van der Waals surface area contributed by atoms with Crippen molar-refractivity contribution in [2.24, 2.45) is 11.7 Å². The van der Waals surface area contributed by atoms with Crippen LogP contribution >= 0.6 is 0 Å². The molecule has 0 spiro atoms. The van der Waals surface area contributed by atoms with Gasteiger partial charge >= 0.3 is 0 Å². The molecule has 0 saturated heterocycles. The number of hydrogen-bond donors (Lipinski definition) is 8. The quantitative estimate of drug-likeness (QED) is 0.0435. The van der Waals surface area contributed by atoms with Gasteiger partial charge in [0.05, 0.1) is 18.1 Å². The van der Waals surface area contributed by atoms with Crippen LogP contribution in [-0.4, -0.2) is 146 Å². The van der Waals surface area contributed by atoms with Gasteiger partial charge in [0.2, 0.25) is 23.6 Å². The summed E-state index contributed by atoms with van der Waals surface area (Å²) in [5, 5.41) is 21.5. The Morgan fingerprint density at radius 1 is 0.481 bits per heavy atom. The topological polar surface area (TPSA) is 185 Å². The van der Waals surface area contributed by atoms with Crippen molar-refractivity contribution in [3.63, 3.8) is 0 Å². The minimum Gasteiger partial charge on any atom is -0.356 e. The molecule has 14 heteroatoms. The van der Waals surface area contributed by atoms with Gasteiger partial charge in [-0.2, -0.15) is 0 Å². The Labute approximate surface area is 329 Å². The largest absolute Gasteiger partial charge is 0.356 e. The van der Waals surface area contributed by atoms with Gasteiger partial charge < -0.3 is 52.8 Å². The first-order valence-electron chi connectivity index (χ1n) is 21.2. The fourth-order valence-corrected chi connectivity index (χ4v) is 6.38. The lowest BCUT2D eigenvalue weighted by Crippen LogP contribution is -2.44. The van der Waals surface area contributed by atoms with Crippen LogP contribution in [0.15, 0.2) is 0 Å². The molecule has 4 atom stereocenters. The average molecular weight is 769 g/mol. The second-order valence-corrected chi connectivity index (χ2v) is 15.0. The van der Waals surface area contributed by atoms with Crippen LogP contribution in [-0.2, 0) is 19.2 Å². The van der Waals surface area contributed by atoms with Crippen LogP contribution in [0.3, 0.4) is 0 Å². The number of hydrogen-bond acceptors (Lipinski definition) is 10. The molecule has 4 unspecified atom stereocenters. The van der Waals surface area contributed by atoms with E-state index >= 15 is 0 Å². The highest BCUT2D eigenvalue weighted by atomic mass is 16.2. The number of likely N-dealkylation sites (N-methyl/N-ethyl adjacent to an activating group) is 3. The zero-order valence-corrected chi connectivity index (χ0v) is 35.6. The zero-order valence-electron chi connectivity index (χ0n) is 35.6. The molecule has 0 aliphatic heterocycles. The molecule has 0 saturated carbocycles. The maximum absolute atomic E-state index is 12.7. The maximum Gasteiger partial charge on any atom is 0.237 e. The predicted molar refractivity (Wildman–Crippen MR) is 223 cm³/mol. The number of nitrogens with zero attached hydrogens (tertiary/aromatic N) is 2. The SMILES string of the molecule is CCCCC(C)C(=O)NCCCCC(NC)C(=O)NCCCN(C)CCCCN(C)CCCNC(=O)C(CCCCNC(=O)C(CCCCN)NC)NC. The minimum atomic E-state index is -0.232. The summed E-state index contributed by atoms with van der Waals surface area (Å²) < 4.78 is 0. The Kier molecular flexibility index (Phi) is 33.5. The minimum absolute atomic E-state index is 0.0263. The van der Waals surface area contributed by atoms with Crippen LogP contribution in [0.4, 0.5) is 0 Å². The number of nitrogens with one attached hydrogen (secondary N) is 7. The van der Waals surface area contributed by atoms with Gasteiger partial charge in [0.25, 0.3) is 0 Å². The highest BCUT2D eigenvalue weighted by molar-refractivity contribution is 5.82. The zero-order chi connectivity index (χ0) is 40.4. The van der Waals surface area contributed by atoms with Crippen molar-refractivity contribution < 1.29 is 19.2 Å². The summed E-state index contributed by atoms with van der Waals surface area (Å²) in [4.78, 5) is 54.5. The van der Waals surface area contributed by atoms with E-state index in [9.17, 15) is 19.2 Å². The summed E-state index contributed by atoms with van der Waals surface area (Å²) in [6.45, 7) is 11.3. The molecule has 54 heavy (non-hydrogen) atoms. The van der Waals surface area contributed by atoms with Crippen LogP contribution in [0.5, 0.6) is 0 Å². The third-order valence-corrected chi connectivity index (χ3v) is 10.2. The first-order valence-corrected chi connectivity index (χ1v) is 21.2. The van der Waals surface area contributed by atoms with Crippen LogP contribution in [0.2, 0.25) is 0 Å². The molecule has 0 aromatic rings. The second-order valence-electron chi connectivity index (χ2n) is 15.0. The first kappa shape index (κ1) is 51.6. The summed E-state index contributed by atoms with van der Waals surface area (Å²) in [6.07, 6.45) is 14.7. The molecule has 0 aromatic heterocycles. The lowest BCUT2D eigenvalue weighted by molar-refractivity contribution is -0.125. The van der Waals surface area contributed by atoms with Crippen molar-refractivity contribution in [3.8, 4) is 0 Å². The monoisotopic (exact) mass is 769 g/mol. The van der Waals surface area contributed by atoms with Gasteiger partial charge in [-0.1, -0.05) is 33.1 Å². The Balaban J connectivity index is 3.95. The van der Waals surface area contributed by atoms with E-state index in [2.05, 4.69) is 68.0 Å². The van der Waals surface area contributed by atoms with Gasteiger partial charge in [-0.15, -0.1) is 0 Å². The van der Waals surface area contributed by atoms with E-state index in [1.54, 1.807) is 0 Å². The Hall–Kier alpha value is -2.36. The molecule has 318 valence electrons. The molecule has 14 nitrogen and oxygen atoms in total. The number of amides is 4. The molecule has 0 radical (unpaired) electrons. The average Bonchev–Trinajstić information content (AvgIpc) is 3.16. The summed E-state index contributed by atoms with van der Waals surface area (Å²) in [5.74, 6) is 0.303. The second kappa shape index (κ2) is 35.1. The Morgan fingerprint density at radius 2 is 0.833 bits per heavy atom. The molecule has 0 fully saturated rings. The van der Waals surface area contributed by atoms with Gasteiger partial charge in [-0.05, 0) is 151 Å². The number of carbonyl (C=O) groups excluding carboxylic acids is 4. The lowest BCUT2D eigenvalue weighted by atomic mass is 10.0. The van der Waals surface area contributed by atoms with E-state index < -0.39 is 0 Å². The molecular weight excluding hydrogens is 685 g/mol. The van der Waals surface area contributed by atoms with Gasteiger partial charge in [-0.25, -0.2) is 0 Å². The molecular formula is C40H84N10O4. The normalized spacial score (nSPS) is 13.7. The highest BCUT2D eigenvalue weighted by Crippen LogP contribution is 2.08. The molecule has 9 N–H and O–H groups in total. The van der Waals surface area contributed by atoms with E-state index in [-0.39, 0.29) is 47.7 Å². The summed E-state index contributed by atoms with van der Waals surface area (Å²) in [6, 6.07) is -0.628.